The van der Waals surface area contributed by atoms with E-state index in [1.807, 2.05) is 39.8 Å². The Hall–Kier alpha value is -2.25. The van der Waals surface area contributed by atoms with Crippen LogP contribution in [0.4, 0.5) is 0 Å². The van der Waals surface area contributed by atoms with Crippen molar-refractivity contribution in [2.75, 3.05) is 20.3 Å². The zero-order valence-corrected chi connectivity index (χ0v) is 17.1. The highest BCUT2D eigenvalue weighted by atomic mass is 32.2. The largest absolute Gasteiger partial charge is 0.495 e. The predicted octanol–water partition coefficient (Wildman–Crippen LogP) is 3.30. The van der Waals surface area contributed by atoms with Crippen molar-refractivity contribution in [1.82, 2.24) is 4.72 Å². The average molecular weight is 391 g/mol. The van der Waals surface area contributed by atoms with E-state index in [1.165, 1.54) is 7.11 Å². The molecule has 1 aliphatic rings. The average Bonchev–Trinajstić information content (AvgIpc) is 2.62. The van der Waals surface area contributed by atoms with E-state index in [2.05, 4.69) is 4.72 Å². The molecular formula is C20H25NO5S. The van der Waals surface area contributed by atoms with Gasteiger partial charge in [-0.05, 0) is 68.7 Å². The van der Waals surface area contributed by atoms with E-state index in [9.17, 15) is 8.42 Å². The van der Waals surface area contributed by atoms with Crippen molar-refractivity contribution in [3.05, 3.63) is 47.0 Å². The molecular weight excluding hydrogens is 366 g/mol. The Morgan fingerprint density at radius 3 is 2.30 bits per heavy atom. The fraction of sp³-hybridized carbons (Fsp3) is 0.400. The van der Waals surface area contributed by atoms with Crippen molar-refractivity contribution in [1.29, 1.82) is 0 Å². The van der Waals surface area contributed by atoms with Gasteiger partial charge in [-0.3, -0.25) is 0 Å². The molecule has 146 valence electrons. The van der Waals surface area contributed by atoms with E-state index in [-0.39, 0.29) is 4.90 Å². The Bertz CT molecular complexity index is 967. The quantitative estimate of drug-likeness (QED) is 0.847. The first-order chi connectivity index (χ1) is 12.6. The molecule has 0 spiro atoms. The molecule has 1 N–H and O–H groups in total. The lowest BCUT2D eigenvalue weighted by atomic mass is 9.95. The van der Waals surface area contributed by atoms with Crippen LogP contribution in [0, 0.1) is 13.8 Å². The summed E-state index contributed by atoms with van der Waals surface area (Å²) in [5.74, 6) is 1.61. The number of aryl methyl sites for hydroxylation is 2. The van der Waals surface area contributed by atoms with Crippen LogP contribution in [-0.4, -0.2) is 28.7 Å². The Labute approximate surface area is 160 Å². The van der Waals surface area contributed by atoms with E-state index >= 15 is 0 Å². The standard InChI is InChI=1S/C20H25NO5S/c1-13-10-18(24-5)19(11-14(13)2)27(22,23)21-20(3,4)15-6-7-16-17(12-15)26-9-8-25-16/h6-7,10-12,21H,8-9H2,1-5H3. The smallest absolute Gasteiger partial charge is 0.245 e. The van der Waals surface area contributed by atoms with Gasteiger partial charge in [0.25, 0.3) is 0 Å². The molecule has 2 aromatic rings. The van der Waals surface area contributed by atoms with Crippen molar-refractivity contribution >= 4 is 10.0 Å². The lowest BCUT2D eigenvalue weighted by Gasteiger charge is -2.29. The normalized spacial score (nSPS) is 14.1. The second kappa shape index (κ2) is 7.05. The molecule has 0 fully saturated rings. The third kappa shape index (κ3) is 3.89. The molecule has 0 aliphatic carbocycles. The molecule has 3 rings (SSSR count). The van der Waals surface area contributed by atoms with Gasteiger partial charge in [0.15, 0.2) is 11.5 Å². The molecule has 27 heavy (non-hydrogen) atoms. The molecule has 0 amide bonds. The van der Waals surface area contributed by atoms with E-state index in [1.54, 1.807) is 18.2 Å². The van der Waals surface area contributed by atoms with Crippen molar-refractivity contribution in [3.8, 4) is 17.2 Å². The first kappa shape index (κ1) is 19.5. The van der Waals surface area contributed by atoms with Gasteiger partial charge < -0.3 is 14.2 Å². The minimum atomic E-state index is -3.82. The Morgan fingerprint density at radius 1 is 1.00 bits per heavy atom. The van der Waals surface area contributed by atoms with Crippen LogP contribution in [0.25, 0.3) is 0 Å². The molecule has 0 radical (unpaired) electrons. The molecule has 0 bridgehead atoms. The van der Waals surface area contributed by atoms with Crippen LogP contribution in [0.15, 0.2) is 35.2 Å². The highest BCUT2D eigenvalue weighted by Crippen LogP contribution is 2.35. The molecule has 7 heteroatoms. The highest BCUT2D eigenvalue weighted by Gasteiger charge is 2.31. The number of rotatable bonds is 5. The molecule has 2 aromatic carbocycles. The molecule has 1 heterocycles. The van der Waals surface area contributed by atoms with Crippen molar-refractivity contribution in [2.24, 2.45) is 0 Å². The summed E-state index contributed by atoms with van der Waals surface area (Å²) in [4.78, 5) is 0.124. The highest BCUT2D eigenvalue weighted by molar-refractivity contribution is 7.89. The zero-order chi connectivity index (χ0) is 19.8. The number of hydrogen-bond donors (Lipinski definition) is 1. The van der Waals surface area contributed by atoms with Gasteiger partial charge >= 0.3 is 0 Å². The molecule has 0 saturated heterocycles. The first-order valence-electron chi connectivity index (χ1n) is 8.73. The van der Waals surface area contributed by atoms with Crippen LogP contribution in [-0.2, 0) is 15.6 Å². The number of fused-ring (bicyclic) bond motifs is 1. The Kier molecular flexibility index (Phi) is 5.10. The zero-order valence-electron chi connectivity index (χ0n) is 16.3. The van der Waals surface area contributed by atoms with Gasteiger partial charge in [-0.2, -0.15) is 0 Å². The second-order valence-electron chi connectivity index (χ2n) is 7.18. The molecule has 0 aromatic heterocycles. The topological polar surface area (TPSA) is 73.9 Å². The fourth-order valence-corrected chi connectivity index (χ4v) is 4.65. The van der Waals surface area contributed by atoms with E-state index in [0.717, 1.165) is 16.7 Å². The predicted molar refractivity (Wildman–Crippen MR) is 103 cm³/mol. The summed E-state index contributed by atoms with van der Waals surface area (Å²) in [6, 6.07) is 8.83. The van der Waals surface area contributed by atoms with Gasteiger partial charge in [-0.15, -0.1) is 0 Å². The fourth-order valence-electron chi connectivity index (χ4n) is 3.01. The molecule has 0 unspecified atom stereocenters. The van der Waals surface area contributed by atoms with Crippen LogP contribution in [0.1, 0.15) is 30.5 Å². The van der Waals surface area contributed by atoms with Crippen molar-refractivity contribution in [2.45, 2.75) is 38.1 Å². The third-order valence-electron chi connectivity index (χ3n) is 4.72. The maximum Gasteiger partial charge on any atom is 0.245 e. The lowest BCUT2D eigenvalue weighted by molar-refractivity contribution is 0.171. The molecule has 0 atom stereocenters. The Balaban J connectivity index is 1.96. The van der Waals surface area contributed by atoms with Gasteiger partial charge in [0.1, 0.15) is 23.9 Å². The van der Waals surface area contributed by atoms with Crippen LogP contribution in [0.3, 0.4) is 0 Å². The summed E-state index contributed by atoms with van der Waals surface area (Å²) in [7, 11) is -2.35. The maximum atomic E-state index is 13.1. The van der Waals surface area contributed by atoms with E-state index in [4.69, 9.17) is 14.2 Å². The summed E-state index contributed by atoms with van der Waals surface area (Å²) in [5, 5.41) is 0. The lowest BCUT2D eigenvalue weighted by Crippen LogP contribution is -2.41. The number of nitrogens with one attached hydrogen (secondary N) is 1. The van der Waals surface area contributed by atoms with Gasteiger partial charge in [0.2, 0.25) is 10.0 Å². The van der Waals surface area contributed by atoms with Gasteiger partial charge in [-0.1, -0.05) is 6.07 Å². The summed E-state index contributed by atoms with van der Waals surface area (Å²) < 4.78 is 45.5. The minimum absolute atomic E-state index is 0.124. The number of hydrogen-bond acceptors (Lipinski definition) is 5. The van der Waals surface area contributed by atoms with E-state index < -0.39 is 15.6 Å². The van der Waals surface area contributed by atoms with Crippen molar-refractivity contribution < 1.29 is 22.6 Å². The monoisotopic (exact) mass is 391 g/mol. The summed E-state index contributed by atoms with van der Waals surface area (Å²) in [6.07, 6.45) is 0. The number of benzene rings is 2. The second-order valence-corrected chi connectivity index (χ2v) is 8.83. The van der Waals surface area contributed by atoms with Gasteiger partial charge in [0.05, 0.1) is 12.6 Å². The maximum absolute atomic E-state index is 13.1. The van der Waals surface area contributed by atoms with Crippen molar-refractivity contribution in [3.63, 3.8) is 0 Å². The van der Waals surface area contributed by atoms with Crippen LogP contribution in [0.5, 0.6) is 17.2 Å². The molecule has 0 saturated carbocycles. The SMILES string of the molecule is COc1cc(C)c(C)cc1S(=O)(=O)NC(C)(C)c1ccc2c(c1)OCCO2. The van der Waals surface area contributed by atoms with Crippen LogP contribution < -0.4 is 18.9 Å². The van der Waals surface area contributed by atoms with Crippen LogP contribution >= 0.6 is 0 Å². The van der Waals surface area contributed by atoms with Crippen LogP contribution in [0.2, 0.25) is 0 Å². The molecule has 6 nitrogen and oxygen atoms in total. The number of sulfonamides is 1. The first-order valence-corrected chi connectivity index (χ1v) is 10.2. The third-order valence-corrected chi connectivity index (χ3v) is 6.40. The number of methoxy groups -OCH3 is 1. The minimum Gasteiger partial charge on any atom is -0.495 e. The summed E-state index contributed by atoms with van der Waals surface area (Å²) in [5.41, 5.74) is 1.77. The number of ether oxygens (including phenoxy) is 3. The molecule has 1 aliphatic heterocycles. The van der Waals surface area contributed by atoms with Gasteiger partial charge in [-0.25, -0.2) is 13.1 Å². The Morgan fingerprint density at radius 2 is 1.63 bits per heavy atom. The summed E-state index contributed by atoms with van der Waals surface area (Å²) in [6.45, 7) is 8.39. The van der Waals surface area contributed by atoms with Gasteiger partial charge in [0, 0.05) is 0 Å². The summed E-state index contributed by atoms with van der Waals surface area (Å²) >= 11 is 0. The van der Waals surface area contributed by atoms with E-state index in [0.29, 0.717) is 30.5 Å².